The van der Waals surface area contributed by atoms with Gasteiger partial charge < -0.3 is 15.5 Å². The van der Waals surface area contributed by atoms with Crippen molar-refractivity contribution in [3.05, 3.63) is 0 Å². The highest BCUT2D eigenvalue weighted by Gasteiger charge is 2.22. The molecule has 1 aliphatic heterocycles. The van der Waals surface area contributed by atoms with Gasteiger partial charge in [0.1, 0.15) is 0 Å². The zero-order valence-corrected chi connectivity index (χ0v) is 17.6. The Morgan fingerprint density at radius 1 is 1.25 bits per heavy atom. The predicted octanol–water partition coefficient (Wildman–Crippen LogP) is 3.48. The van der Waals surface area contributed by atoms with Crippen LogP contribution in [0.25, 0.3) is 0 Å². The molecule has 0 bridgehead atoms. The molecule has 4 nitrogen and oxygen atoms in total. The Balaban J connectivity index is 0. The number of amides is 1. The molecule has 1 fully saturated rings. The highest BCUT2D eigenvalue weighted by molar-refractivity contribution is 5.85. The quantitative estimate of drug-likeness (QED) is 0.606. The number of piperidine rings is 1. The first-order valence-electron chi connectivity index (χ1n) is 9.29. The number of hydrogen-bond acceptors (Lipinski definition) is 3. The Labute approximate surface area is 161 Å². The molecule has 1 amide bonds. The van der Waals surface area contributed by atoms with Crippen LogP contribution in [-0.4, -0.2) is 49.6 Å². The molecule has 3 atom stereocenters. The summed E-state index contributed by atoms with van der Waals surface area (Å²) in [4.78, 5) is 14.6. The second-order valence-corrected chi connectivity index (χ2v) is 6.93. The van der Waals surface area contributed by atoms with Gasteiger partial charge in [-0.3, -0.25) is 4.79 Å². The molecule has 24 heavy (non-hydrogen) atoms. The molecule has 146 valence electrons. The molecule has 1 aliphatic rings. The number of nitrogens with one attached hydrogen (secondary N) is 2. The van der Waals surface area contributed by atoms with E-state index >= 15 is 0 Å². The van der Waals surface area contributed by atoms with Gasteiger partial charge in [0.25, 0.3) is 0 Å². The smallest absolute Gasteiger partial charge is 0.220 e. The summed E-state index contributed by atoms with van der Waals surface area (Å²) in [6, 6.07) is 0.291. The van der Waals surface area contributed by atoms with Gasteiger partial charge >= 0.3 is 0 Å². The van der Waals surface area contributed by atoms with Crippen molar-refractivity contribution >= 4 is 30.7 Å². The number of nitrogens with zero attached hydrogens (tertiary/aromatic N) is 1. The zero-order chi connectivity index (χ0) is 16.4. The van der Waals surface area contributed by atoms with Crippen LogP contribution in [0.3, 0.4) is 0 Å². The largest absolute Gasteiger partial charge is 0.354 e. The van der Waals surface area contributed by atoms with Gasteiger partial charge in [-0.25, -0.2) is 0 Å². The van der Waals surface area contributed by atoms with Gasteiger partial charge in [0.15, 0.2) is 0 Å². The Bertz CT molecular complexity index is 309. The normalized spacial score (nSPS) is 19.8. The number of halogens is 2. The second kappa shape index (κ2) is 15.2. The molecule has 0 radical (unpaired) electrons. The minimum Gasteiger partial charge on any atom is -0.354 e. The van der Waals surface area contributed by atoms with Crippen LogP contribution in [0.2, 0.25) is 0 Å². The SMILES string of the molecule is CCN(CC)CCCC(C)NC(=O)CC(C)C1CCCNC1.Cl.Cl. The van der Waals surface area contributed by atoms with Crippen LogP contribution in [0.1, 0.15) is 59.8 Å². The molecule has 3 unspecified atom stereocenters. The lowest BCUT2D eigenvalue weighted by molar-refractivity contribution is -0.123. The third-order valence-electron chi connectivity index (χ3n) is 5.06. The minimum absolute atomic E-state index is 0. The van der Waals surface area contributed by atoms with E-state index in [1.807, 2.05) is 0 Å². The summed E-state index contributed by atoms with van der Waals surface area (Å²) >= 11 is 0. The first-order chi connectivity index (χ1) is 10.6. The maximum atomic E-state index is 12.2. The summed E-state index contributed by atoms with van der Waals surface area (Å²) < 4.78 is 0. The lowest BCUT2D eigenvalue weighted by Crippen LogP contribution is -2.38. The van der Waals surface area contributed by atoms with Crippen molar-refractivity contribution in [2.24, 2.45) is 11.8 Å². The third kappa shape index (κ3) is 10.8. The number of hydrogen-bond donors (Lipinski definition) is 2. The summed E-state index contributed by atoms with van der Waals surface area (Å²) in [5, 5.41) is 6.62. The van der Waals surface area contributed by atoms with Crippen molar-refractivity contribution in [2.45, 2.75) is 65.8 Å². The molecule has 0 saturated carbocycles. The van der Waals surface area contributed by atoms with Gasteiger partial charge in [0, 0.05) is 12.5 Å². The lowest BCUT2D eigenvalue weighted by atomic mass is 9.85. The van der Waals surface area contributed by atoms with Crippen molar-refractivity contribution in [3.63, 3.8) is 0 Å². The number of carbonyl (C=O) groups excluding carboxylic acids is 1. The molecule has 6 heteroatoms. The summed E-state index contributed by atoms with van der Waals surface area (Å²) in [6.45, 7) is 14.3. The van der Waals surface area contributed by atoms with E-state index in [4.69, 9.17) is 0 Å². The van der Waals surface area contributed by atoms with Gasteiger partial charge in [-0.05, 0) is 77.2 Å². The maximum Gasteiger partial charge on any atom is 0.220 e. The van der Waals surface area contributed by atoms with Gasteiger partial charge in [0.2, 0.25) is 5.91 Å². The molecule has 1 saturated heterocycles. The highest BCUT2D eigenvalue weighted by Crippen LogP contribution is 2.22. The van der Waals surface area contributed by atoms with Crippen molar-refractivity contribution in [3.8, 4) is 0 Å². The molecule has 0 aliphatic carbocycles. The fourth-order valence-electron chi connectivity index (χ4n) is 3.39. The van der Waals surface area contributed by atoms with E-state index in [2.05, 4.69) is 43.2 Å². The van der Waals surface area contributed by atoms with Crippen molar-refractivity contribution in [1.82, 2.24) is 15.5 Å². The standard InChI is InChI=1S/C18H37N3O.2ClH/c1-5-21(6-2)12-8-9-16(4)20-18(22)13-15(3)17-10-7-11-19-14-17;;/h15-17,19H,5-14H2,1-4H3,(H,20,22);2*1H. The van der Waals surface area contributed by atoms with Crippen molar-refractivity contribution in [1.29, 1.82) is 0 Å². The second-order valence-electron chi connectivity index (χ2n) is 6.93. The van der Waals surface area contributed by atoms with Crippen LogP contribution >= 0.6 is 24.8 Å². The molecule has 1 rings (SSSR count). The van der Waals surface area contributed by atoms with E-state index in [9.17, 15) is 4.79 Å². The average Bonchev–Trinajstić information content (AvgIpc) is 2.52. The van der Waals surface area contributed by atoms with Crippen LogP contribution in [0.5, 0.6) is 0 Å². The molecule has 0 aromatic heterocycles. The maximum absolute atomic E-state index is 12.2. The first kappa shape index (κ1) is 26.2. The van der Waals surface area contributed by atoms with E-state index in [-0.39, 0.29) is 30.7 Å². The van der Waals surface area contributed by atoms with Crippen LogP contribution in [0, 0.1) is 11.8 Å². The van der Waals surface area contributed by atoms with E-state index in [0.29, 0.717) is 24.3 Å². The van der Waals surface area contributed by atoms with Gasteiger partial charge in [-0.1, -0.05) is 20.8 Å². The van der Waals surface area contributed by atoms with Gasteiger partial charge in [0.05, 0.1) is 0 Å². The zero-order valence-electron chi connectivity index (χ0n) is 16.0. The van der Waals surface area contributed by atoms with Crippen molar-refractivity contribution < 1.29 is 4.79 Å². The fourth-order valence-corrected chi connectivity index (χ4v) is 3.39. The molecular weight excluding hydrogens is 345 g/mol. The molecule has 0 aromatic carbocycles. The van der Waals surface area contributed by atoms with Gasteiger partial charge in [-0.2, -0.15) is 0 Å². The molecule has 1 heterocycles. The van der Waals surface area contributed by atoms with Crippen molar-refractivity contribution in [2.75, 3.05) is 32.7 Å². The lowest BCUT2D eigenvalue weighted by Gasteiger charge is -2.28. The Morgan fingerprint density at radius 3 is 2.46 bits per heavy atom. The van der Waals surface area contributed by atoms with E-state index in [1.165, 1.54) is 12.8 Å². The Hall–Kier alpha value is -0.0300. The van der Waals surface area contributed by atoms with Gasteiger partial charge in [-0.15, -0.1) is 24.8 Å². The van der Waals surface area contributed by atoms with E-state index in [1.54, 1.807) is 0 Å². The average molecular weight is 384 g/mol. The third-order valence-corrected chi connectivity index (χ3v) is 5.06. The minimum atomic E-state index is 0. The molecule has 0 aromatic rings. The molecule has 2 N–H and O–H groups in total. The van der Waals surface area contributed by atoms with Crippen LogP contribution in [0.15, 0.2) is 0 Å². The topological polar surface area (TPSA) is 44.4 Å². The summed E-state index contributed by atoms with van der Waals surface area (Å²) in [5.41, 5.74) is 0. The van der Waals surface area contributed by atoms with E-state index in [0.717, 1.165) is 45.6 Å². The Kier molecular flexibility index (Phi) is 16.6. The first-order valence-corrected chi connectivity index (χ1v) is 9.29. The van der Waals surface area contributed by atoms with E-state index < -0.39 is 0 Å². The number of carbonyl (C=O) groups is 1. The van der Waals surface area contributed by atoms with Crippen LogP contribution in [-0.2, 0) is 4.79 Å². The predicted molar refractivity (Wildman–Crippen MR) is 108 cm³/mol. The highest BCUT2D eigenvalue weighted by atomic mass is 35.5. The molecular formula is C18H39Cl2N3O. The number of rotatable bonds is 10. The summed E-state index contributed by atoms with van der Waals surface area (Å²) in [5.74, 6) is 1.38. The summed E-state index contributed by atoms with van der Waals surface area (Å²) in [7, 11) is 0. The monoisotopic (exact) mass is 383 g/mol. The summed E-state index contributed by atoms with van der Waals surface area (Å²) in [6.07, 6.45) is 5.42. The van der Waals surface area contributed by atoms with Crippen LogP contribution in [0.4, 0.5) is 0 Å². The molecule has 0 spiro atoms. The Morgan fingerprint density at radius 2 is 1.92 bits per heavy atom. The fraction of sp³-hybridized carbons (Fsp3) is 0.944. The van der Waals surface area contributed by atoms with Crippen LogP contribution < -0.4 is 10.6 Å².